The van der Waals surface area contributed by atoms with E-state index < -0.39 is 26.3 Å². The Kier molecular flexibility index (Phi) is 3.51. The zero-order valence-electron chi connectivity index (χ0n) is 7.58. The first-order chi connectivity index (χ1) is 6.80. The average molecular weight is 257 g/mol. The Labute approximate surface area is 90.0 Å². The fourth-order valence-corrected chi connectivity index (χ4v) is 2.04. The summed E-state index contributed by atoms with van der Waals surface area (Å²) >= 11 is 0. The maximum Gasteiger partial charge on any atom is 0.387 e. The summed E-state index contributed by atoms with van der Waals surface area (Å²) in [7, 11) is 0.979. The van der Waals surface area contributed by atoms with Crippen molar-refractivity contribution in [2.24, 2.45) is 0 Å². The molecule has 3 nitrogen and oxygen atoms in total. The van der Waals surface area contributed by atoms with Gasteiger partial charge in [-0.15, -0.1) is 0 Å². The molecule has 15 heavy (non-hydrogen) atoms. The van der Waals surface area contributed by atoms with Gasteiger partial charge in [0.1, 0.15) is 10.6 Å². The fourth-order valence-electron chi connectivity index (χ4n) is 0.999. The first-order valence-corrected chi connectivity index (χ1v) is 6.12. The Bertz CT molecular complexity index is 459. The zero-order valence-corrected chi connectivity index (χ0v) is 9.15. The molecule has 0 heterocycles. The molecule has 0 aliphatic rings. The zero-order chi connectivity index (χ0) is 11.6. The fraction of sp³-hybridized carbons (Fsp3) is 0.250. The number of rotatable bonds is 3. The normalized spacial score (nSPS) is 11.8. The van der Waals surface area contributed by atoms with Gasteiger partial charge in [-0.1, -0.05) is 6.07 Å². The third-order valence-electron chi connectivity index (χ3n) is 1.58. The molecular formula is C8H7ClF2O3S. The molecule has 0 aromatic heterocycles. The molecule has 0 amide bonds. The molecule has 0 aliphatic heterocycles. The van der Waals surface area contributed by atoms with Gasteiger partial charge in [0.25, 0.3) is 9.05 Å². The topological polar surface area (TPSA) is 43.4 Å². The first kappa shape index (κ1) is 12.2. The highest BCUT2D eigenvalue weighted by atomic mass is 35.7. The van der Waals surface area contributed by atoms with Crippen molar-refractivity contribution in [3.8, 4) is 5.75 Å². The minimum absolute atomic E-state index is 0.453. The van der Waals surface area contributed by atoms with E-state index in [1.807, 2.05) is 0 Å². The van der Waals surface area contributed by atoms with Gasteiger partial charge >= 0.3 is 6.61 Å². The van der Waals surface area contributed by atoms with Gasteiger partial charge in [0.2, 0.25) is 0 Å². The molecule has 0 fully saturated rings. The van der Waals surface area contributed by atoms with Gasteiger partial charge in [-0.2, -0.15) is 8.78 Å². The van der Waals surface area contributed by atoms with Gasteiger partial charge in [0.15, 0.2) is 0 Å². The Balaban J connectivity index is 3.27. The van der Waals surface area contributed by atoms with Gasteiger partial charge in [0.05, 0.1) is 0 Å². The minimum atomic E-state index is -4.09. The van der Waals surface area contributed by atoms with Crippen LogP contribution in [0.2, 0.25) is 0 Å². The molecule has 1 aromatic carbocycles. The lowest BCUT2D eigenvalue weighted by Crippen LogP contribution is -2.05. The van der Waals surface area contributed by atoms with E-state index in [1.54, 1.807) is 6.92 Å². The Morgan fingerprint density at radius 2 is 2.00 bits per heavy atom. The molecule has 0 saturated carbocycles. The van der Waals surface area contributed by atoms with Crippen molar-refractivity contribution in [3.05, 3.63) is 23.8 Å². The van der Waals surface area contributed by atoms with Crippen LogP contribution in [-0.2, 0) is 9.05 Å². The van der Waals surface area contributed by atoms with Gasteiger partial charge < -0.3 is 4.74 Å². The molecular weight excluding hydrogens is 250 g/mol. The highest BCUT2D eigenvalue weighted by Crippen LogP contribution is 2.28. The lowest BCUT2D eigenvalue weighted by Gasteiger charge is -2.08. The van der Waals surface area contributed by atoms with Crippen molar-refractivity contribution in [1.29, 1.82) is 0 Å². The molecule has 1 aromatic rings. The quantitative estimate of drug-likeness (QED) is 0.781. The lowest BCUT2D eigenvalue weighted by atomic mass is 10.2. The Morgan fingerprint density at radius 3 is 2.47 bits per heavy atom. The predicted octanol–water partition coefficient (Wildman–Crippen LogP) is 2.52. The Morgan fingerprint density at radius 1 is 1.40 bits per heavy atom. The van der Waals surface area contributed by atoms with Gasteiger partial charge in [-0.3, -0.25) is 0 Å². The van der Waals surface area contributed by atoms with Crippen LogP contribution in [0.25, 0.3) is 0 Å². The molecule has 0 aliphatic carbocycles. The molecule has 7 heteroatoms. The second kappa shape index (κ2) is 4.32. The van der Waals surface area contributed by atoms with Crippen LogP contribution in [-0.4, -0.2) is 15.0 Å². The highest BCUT2D eigenvalue weighted by Gasteiger charge is 2.19. The van der Waals surface area contributed by atoms with E-state index >= 15 is 0 Å². The van der Waals surface area contributed by atoms with E-state index in [9.17, 15) is 17.2 Å². The van der Waals surface area contributed by atoms with Crippen molar-refractivity contribution < 1.29 is 21.9 Å². The second-order valence-electron chi connectivity index (χ2n) is 2.77. The van der Waals surface area contributed by atoms with Crippen molar-refractivity contribution in [2.75, 3.05) is 0 Å². The number of benzene rings is 1. The number of halogens is 3. The number of alkyl halides is 2. The van der Waals surface area contributed by atoms with Crippen LogP contribution < -0.4 is 4.74 Å². The van der Waals surface area contributed by atoms with Crippen LogP contribution in [0.5, 0.6) is 5.75 Å². The molecule has 0 atom stereocenters. The molecule has 0 spiro atoms. The van der Waals surface area contributed by atoms with Crippen molar-refractivity contribution >= 4 is 19.7 Å². The summed E-state index contributed by atoms with van der Waals surface area (Å²) in [5.74, 6) is -0.453. The SMILES string of the molecule is Cc1ccc(OC(F)F)c(S(=O)(=O)Cl)c1. The van der Waals surface area contributed by atoms with Crippen molar-refractivity contribution in [3.63, 3.8) is 0 Å². The summed E-state index contributed by atoms with van der Waals surface area (Å²) in [6.07, 6.45) is 0. The van der Waals surface area contributed by atoms with Crippen LogP contribution in [0.15, 0.2) is 23.1 Å². The highest BCUT2D eigenvalue weighted by molar-refractivity contribution is 8.13. The van der Waals surface area contributed by atoms with Crippen molar-refractivity contribution in [2.45, 2.75) is 18.4 Å². The van der Waals surface area contributed by atoms with Gasteiger partial charge in [-0.05, 0) is 24.6 Å². The lowest BCUT2D eigenvalue weighted by molar-refractivity contribution is -0.0517. The summed E-state index contributed by atoms with van der Waals surface area (Å²) in [5.41, 5.74) is 0.579. The molecule has 0 unspecified atom stereocenters. The monoisotopic (exact) mass is 256 g/mol. The third-order valence-corrected chi connectivity index (χ3v) is 2.92. The summed E-state index contributed by atoms with van der Waals surface area (Å²) < 4.78 is 49.9. The largest absolute Gasteiger partial charge is 0.433 e. The number of hydrogen-bond acceptors (Lipinski definition) is 3. The Hall–Kier alpha value is -0.880. The number of aryl methyl sites for hydroxylation is 1. The molecule has 0 radical (unpaired) electrons. The standard InChI is InChI=1S/C8H7ClF2O3S/c1-5-2-3-6(14-8(10)11)7(4-5)15(9,12)13/h2-4,8H,1H3. The van der Waals surface area contributed by atoms with E-state index in [0.717, 1.165) is 6.07 Å². The summed E-state index contributed by atoms with van der Waals surface area (Å²) in [6, 6.07) is 3.75. The van der Waals surface area contributed by atoms with Crippen molar-refractivity contribution in [1.82, 2.24) is 0 Å². The van der Waals surface area contributed by atoms with Crippen LogP contribution in [0.1, 0.15) is 5.56 Å². The van der Waals surface area contributed by atoms with E-state index in [4.69, 9.17) is 10.7 Å². The predicted molar refractivity (Wildman–Crippen MR) is 50.8 cm³/mol. The molecule has 1 rings (SSSR count). The molecule has 84 valence electrons. The maximum atomic E-state index is 11.9. The summed E-state index contributed by atoms with van der Waals surface area (Å²) in [4.78, 5) is -0.454. The van der Waals surface area contributed by atoms with E-state index in [1.165, 1.54) is 12.1 Å². The van der Waals surface area contributed by atoms with E-state index in [2.05, 4.69) is 4.74 Å². The summed E-state index contributed by atoms with van der Waals surface area (Å²) in [5, 5.41) is 0. The molecule has 0 bridgehead atoms. The average Bonchev–Trinajstić information content (AvgIpc) is 2.05. The summed E-state index contributed by atoms with van der Waals surface area (Å²) in [6.45, 7) is -1.48. The van der Waals surface area contributed by atoms with Gasteiger partial charge in [0, 0.05) is 10.7 Å². The maximum absolute atomic E-state index is 11.9. The molecule has 0 N–H and O–H groups in total. The number of ether oxygens (including phenoxy) is 1. The smallest absolute Gasteiger partial charge is 0.387 e. The van der Waals surface area contributed by atoms with Crippen LogP contribution in [0.3, 0.4) is 0 Å². The van der Waals surface area contributed by atoms with Crippen LogP contribution in [0.4, 0.5) is 8.78 Å². The van der Waals surface area contributed by atoms with E-state index in [-0.39, 0.29) is 0 Å². The van der Waals surface area contributed by atoms with Crippen LogP contribution in [0, 0.1) is 6.92 Å². The second-order valence-corrected chi connectivity index (χ2v) is 5.30. The first-order valence-electron chi connectivity index (χ1n) is 3.81. The van der Waals surface area contributed by atoms with E-state index in [0.29, 0.717) is 5.56 Å². The van der Waals surface area contributed by atoms with Crippen LogP contribution >= 0.6 is 10.7 Å². The van der Waals surface area contributed by atoms with Gasteiger partial charge in [-0.25, -0.2) is 8.42 Å². The number of hydrogen-bond donors (Lipinski definition) is 0. The molecule has 0 saturated heterocycles. The minimum Gasteiger partial charge on any atom is -0.433 e. The third kappa shape index (κ3) is 3.32.